The van der Waals surface area contributed by atoms with E-state index >= 15 is 0 Å². The minimum atomic E-state index is -0.673. The maximum absolute atomic E-state index is 13.0. The highest BCUT2D eigenvalue weighted by Crippen LogP contribution is 2.28. The number of ether oxygens (including phenoxy) is 1. The van der Waals surface area contributed by atoms with Crippen LogP contribution in [0.1, 0.15) is 34.5 Å². The Morgan fingerprint density at radius 2 is 1.86 bits per heavy atom. The molecule has 0 radical (unpaired) electrons. The van der Waals surface area contributed by atoms with Gasteiger partial charge in [-0.25, -0.2) is 4.79 Å². The third kappa shape index (κ3) is 6.77. The van der Waals surface area contributed by atoms with Crippen molar-refractivity contribution in [3.63, 3.8) is 0 Å². The van der Waals surface area contributed by atoms with Crippen LogP contribution in [0.5, 0.6) is 0 Å². The van der Waals surface area contributed by atoms with Crippen molar-refractivity contribution in [2.45, 2.75) is 31.8 Å². The molecule has 0 bridgehead atoms. The first-order valence-corrected chi connectivity index (χ1v) is 12.3. The quantitative estimate of drug-likeness (QED) is 0.449. The van der Waals surface area contributed by atoms with E-state index in [0.717, 1.165) is 44.0 Å². The maximum atomic E-state index is 13.0. The van der Waals surface area contributed by atoms with Crippen molar-refractivity contribution in [1.82, 2.24) is 24.8 Å². The van der Waals surface area contributed by atoms with Gasteiger partial charge in [0, 0.05) is 57.8 Å². The van der Waals surface area contributed by atoms with E-state index in [1.807, 2.05) is 18.3 Å². The molecule has 0 saturated carbocycles. The summed E-state index contributed by atoms with van der Waals surface area (Å²) in [4.78, 5) is 49.3. The SMILES string of the molecule is COCCN(Cc1cccnc1)[C@@H](Cc1ccccc1)C1CCN(C(=O)c2cc(=O)[nH]c(=O)[nH]2)CC1. The molecule has 1 atom stereocenters. The van der Waals surface area contributed by atoms with Crippen molar-refractivity contribution in [1.29, 1.82) is 0 Å². The van der Waals surface area contributed by atoms with Gasteiger partial charge in [-0.2, -0.15) is 0 Å². The molecule has 3 heterocycles. The van der Waals surface area contributed by atoms with Crippen molar-refractivity contribution in [3.8, 4) is 0 Å². The second kappa shape index (κ2) is 12.4. The Bertz CT molecular complexity index is 1190. The van der Waals surface area contributed by atoms with Gasteiger partial charge in [-0.15, -0.1) is 0 Å². The highest BCUT2D eigenvalue weighted by atomic mass is 16.5. The number of carbonyl (C=O) groups excluding carboxylic acids is 1. The minimum absolute atomic E-state index is 0.0290. The van der Waals surface area contributed by atoms with Crippen LogP contribution in [-0.4, -0.2) is 70.1 Å². The normalized spacial score (nSPS) is 15.2. The first-order valence-electron chi connectivity index (χ1n) is 12.3. The van der Waals surface area contributed by atoms with E-state index in [1.165, 1.54) is 5.56 Å². The Morgan fingerprint density at radius 1 is 1.11 bits per heavy atom. The number of amides is 1. The van der Waals surface area contributed by atoms with E-state index in [1.54, 1.807) is 18.2 Å². The Labute approximate surface area is 210 Å². The van der Waals surface area contributed by atoms with Crippen molar-refractivity contribution in [3.05, 3.63) is 98.6 Å². The summed E-state index contributed by atoms with van der Waals surface area (Å²) in [6.45, 7) is 3.31. The van der Waals surface area contributed by atoms with E-state index in [9.17, 15) is 14.4 Å². The molecule has 1 aromatic carbocycles. The zero-order valence-electron chi connectivity index (χ0n) is 20.6. The molecule has 3 aromatic rings. The average Bonchev–Trinajstić information content (AvgIpc) is 2.90. The topological polar surface area (TPSA) is 111 Å². The fraction of sp³-hybridized carbons (Fsp3) is 0.407. The van der Waals surface area contributed by atoms with Gasteiger partial charge in [0.05, 0.1) is 6.61 Å². The van der Waals surface area contributed by atoms with Crippen molar-refractivity contribution in [2.24, 2.45) is 5.92 Å². The zero-order valence-corrected chi connectivity index (χ0v) is 20.6. The summed E-state index contributed by atoms with van der Waals surface area (Å²) in [5.41, 5.74) is 1.20. The lowest BCUT2D eigenvalue weighted by atomic mass is 9.84. The summed E-state index contributed by atoms with van der Waals surface area (Å²) in [6, 6.07) is 15.9. The fourth-order valence-electron chi connectivity index (χ4n) is 4.99. The fourth-order valence-corrected chi connectivity index (χ4v) is 4.99. The number of likely N-dealkylation sites (tertiary alicyclic amines) is 1. The molecule has 2 aromatic heterocycles. The zero-order chi connectivity index (χ0) is 25.3. The molecule has 1 aliphatic rings. The summed E-state index contributed by atoms with van der Waals surface area (Å²) < 4.78 is 5.45. The predicted molar refractivity (Wildman–Crippen MR) is 137 cm³/mol. The average molecular weight is 492 g/mol. The van der Waals surface area contributed by atoms with Gasteiger partial charge in [0.25, 0.3) is 11.5 Å². The summed E-state index contributed by atoms with van der Waals surface area (Å²) in [6.07, 6.45) is 6.24. The van der Waals surface area contributed by atoms with Crippen LogP contribution in [0.3, 0.4) is 0 Å². The first kappa shape index (κ1) is 25.5. The molecule has 36 heavy (non-hydrogen) atoms. The standard InChI is InChI=1S/C27H33N5O4/c1-36-15-14-32(19-21-8-5-11-28-18-21)24(16-20-6-3-2-4-7-20)22-9-12-31(13-10-22)26(34)23-17-25(33)30-27(35)29-23/h2-8,11,17-18,22,24H,9-10,12-16,19H2,1H3,(H2,29,30,33,35)/t24-/m0/s1. The lowest BCUT2D eigenvalue weighted by Crippen LogP contribution is -2.48. The van der Waals surface area contributed by atoms with Gasteiger partial charge in [-0.1, -0.05) is 36.4 Å². The predicted octanol–water partition coefficient (Wildman–Crippen LogP) is 2.07. The smallest absolute Gasteiger partial charge is 0.326 e. The monoisotopic (exact) mass is 491 g/mol. The van der Waals surface area contributed by atoms with Crippen LogP contribution in [0.25, 0.3) is 0 Å². The number of carbonyl (C=O) groups is 1. The van der Waals surface area contributed by atoms with Gasteiger partial charge in [0.1, 0.15) is 5.69 Å². The lowest BCUT2D eigenvalue weighted by molar-refractivity contribution is 0.0481. The number of benzene rings is 1. The highest BCUT2D eigenvalue weighted by molar-refractivity contribution is 5.92. The third-order valence-electron chi connectivity index (χ3n) is 6.81. The molecule has 9 heteroatoms. The highest BCUT2D eigenvalue weighted by Gasteiger charge is 2.32. The van der Waals surface area contributed by atoms with E-state index in [-0.39, 0.29) is 17.6 Å². The van der Waals surface area contributed by atoms with Gasteiger partial charge in [-0.05, 0) is 42.4 Å². The Morgan fingerprint density at radius 3 is 2.53 bits per heavy atom. The summed E-state index contributed by atoms with van der Waals surface area (Å²) in [7, 11) is 1.72. The molecule has 190 valence electrons. The second-order valence-electron chi connectivity index (χ2n) is 9.21. The number of rotatable bonds is 10. The van der Waals surface area contributed by atoms with Crippen LogP contribution in [0.4, 0.5) is 0 Å². The van der Waals surface area contributed by atoms with Crippen LogP contribution < -0.4 is 11.2 Å². The minimum Gasteiger partial charge on any atom is -0.383 e. The number of aromatic amines is 2. The number of piperidine rings is 1. The number of H-pyrrole nitrogens is 2. The summed E-state index contributed by atoms with van der Waals surface area (Å²) in [5.74, 6) is 0.0452. The Kier molecular flexibility index (Phi) is 8.80. The molecule has 0 aliphatic carbocycles. The van der Waals surface area contributed by atoms with E-state index < -0.39 is 11.2 Å². The first-order chi connectivity index (χ1) is 17.5. The number of hydrogen-bond acceptors (Lipinski definition) is 6. The van der Waals surface area contributed by atoms with Gasteiger partial charge in [-0.3, -0.25) is 24.5 Å². The summed E-state index contributed by atoms with van der Waals surface area (Å²) >= 11 is 0. The molecule has 9 nitrogen and oxygen atoms in total. The van der Waals surface area contributed by atoms with Crippen LogP contribution in [0, 0.1) is 5.92 Å². The molecular weight excluding hydrogens is 458 g/mol. The van der Waals surface area contributed by atoms with E-state index in [4.69, 9.17) is 4.74 Å². The Hall–Kier alpha value is -3.56. The second-order valence-corrected chi connectivity index (χ2v) is 9.21. The molecule has 2 N–H and O–H groups in total. The van der Waals surface area contributed by atoms with Crippen molar-refractivity contribution < 1.29 is 9.53 Å². The number of nitrogens with zero attached hydrogens (tertiary/aromatic N) is 3. The molecule has 1 amide bonds. The number of nitrogens with one attached hydrogen (secondary N) is 2. The molecular formula is C27H33N5O4. The summed E-state index contributed by atoms with van der Waals surface area (Å²) in [5, 5.41) is 0. The molecule has 0 spiro atoms. The third-order valence-corrected chi connectivity index (χ3v) is 6.81. The largest absolute Gasteiger partial charge is 0.383 e. The number of methoxy groups -OCH3 is 1. The molecule has 4 rings (SSSR count). The molecule has 0 unspecified atom stereocenters. The van der Waals surface area contributed by atoms with Crippen LogP contribution in [0.15, 0.2) is 70.5 Å². The van der Waals surface area contributed by atoms with Gasteiger partial charge < -0.3 is 14.6 Å². The number of aromatic nitrogens is 3. The van der Waals surface area contributed by atoms with Crippen LogP contribution >= 0.6 is 0 Å². The molecule has 1 aliphatic heterocycles. The maximum Gasteiger partial charge on any atom is 0.326 e. The van der Waals surface area contributed by atoms with Gasteiger partial charge in [0.15, 0.2) is 0 Å². The van der Waals surface area contributed by atoms with Crippen molar-refractivity contribution in [2.75, 3.05) is 33.4 Å². The van der Waals surface area contributed by atoms with E-state index in [0.29, 0.717) is 25.6 Å². The number of pyridine rings is 1. The lowest BCUT2D eigenvalue weighted by Gasteiger charge is -2.41. The molecule has 1 fully saturated rings. The van der Waals surface area contributed by atoms with E-state index in [2.05, 4.69) is 50.2 Å². The Balaban J connectivity index is 1.52. The van der Waals surface area contributed by atoms with Crippen molar-refractivity contribution >= 4 is 5.91 Å². The van der Waals surface area contributed by atoms with Crippen LogP contribution in [0.2, 0.25) is 0 Å². The van der Waals surface area contributed by atoms with Gasteiger partial charge >= 0.3 is 5.69 Å². The van der Waals surface area contributed by atoms with Crippen LogP contribution in [-0.2, 0) is 17.7 Å². The molecule has 1 saturated heterocycles. The van der Waals surface area contributed by atoms with Gasteiger partial charge in [0.2, 0.25) is 0 Å². The number of hydrogen-bond donors (Lipinski definition) is 2.